The van der Waals surface area contributed by atoms with Gasteiger partial charge in [0, 0.05) is 45.8 Å². The molecule has 5 nitrogen and oxygen atoms in total. The van der Waals surface area contributed by atoms with Crippen LogP contribution in [-0.2, 0) is 0 Å². The molecule has 0 amide bonds. The number of aliphatic imine (C=N–C) groups is 1. The van der Waals surface area contributed by atoms with Gasteiger partial charge < -0.3 is 20.4 Å². The first-order valence-electron chi connectivity index (χ1n) is 9.72. The van der Waals surface area contributed by atoms with Crippen LogP contribution < -0.4 is 15.5 Å². The lowest BCUT2D eigenvalue weighted by atomic mass is 10.0. The highest BCUT2D eigenvalue weighted by molar-refractivity contribution is 14.0. The predicted octanol–water partition coefficient (Wildman–Crippen LogP) is 3.23. The lowest BCUT2D eigenvalue weighted by molar-refractivity contribution is 0.186. The second kappa shape index (κ2) is 11.3. The second-order valence-electron chi connectivity index (χ2n) is 7.40. The fourth-order valence-electron chi connectivity index (χ4n) is 3.90. The van der Waals surface area contributed by atoms with Crippen LogP contribution in [0, 0.1) is 5.92 Å². The van der Waals surface area contributed by atoms with Crippen LogP contribution in [0.2, 0.25) is 0 Å². The molecule has 1 atom stereocenters. The van der Waals surface area contributed by atoms with E-state index in [4.69, 9.17) is 0 Å². The first-order chi connectivity index (χ1) is 12.2. The highest BCUT2D eigenvalue weighted by atomic mass is 127. The molecule has 148 valence electrons. The largest absolute Gasteiger partial charge is 0.363 e. The van der Waals surface area contributed by atoms with Crippen molar-refractivity contribution >= 4 is 46.3 Å². The van der Waals surface area contributed by atoms with E-state index in [-0.39, 0.29) is 24.0 Å². The number of thiophene rings is 1. The molecule has 2 aliphatic heterocycles. The molecule has 0 bridgehead atoms. The van der Waals surface area contributed by atoms with Crippen LogP contribution in [0.15, 0.2) is 22.5 Å². The normalized spacial score (nSPS) is 22.8. The van der Waals surface area contributed by atoms with Gasteiger partial charge in [-0.25, -0.2) is 0 Å². The molecule has 2 N–H and O–H groups in total. The van der Waals surface area contributed by atoms with Crippen LogP contribution >= 0.6 is 35.3 Å². The van der Waals surface area contributed by atoms with Crippen LogP contribution in [0.4, 0.5) is 5.00 Å². The van der Waals surface area contributed by atoms with Gasteiger partial charge in [0.15, 0.2) is 5.96 Å². The molecule has 0 spiro atoms. The first kappa shape index (κ1) is 21.8. The minimum absolute atomic E-state index is 0. The van der Waals surface area contributed by atoms with Crippen LogP contribution in [-0.4, -0.2) is 63.2 Å². The van der Waals surface area contributed by atoms with Crippen molar-refractivity contribution in [2.75, 3.05) is 51.2 Å². The number of piperidine rings is 2. The van der Waals surface area contributed by atoms with E-state index >= 15 is 0 Å². The summed E-state index contributed by atoms with van der Waals surface area (Å²) in [5, 5.41) is 10.7. The summed E-state index contributed by atoms with van der Waals surface area (Å²) in [7, 11) is 1.87. The number of halogens is 1. The quantitative estimate of drug-likeness (QED) is 0.377. The van der Waals surface area contributed by atoms with Crippen molar-refractivity contribution in [1.82, 2.24) is 15.5 Å². The number of anilines is 1. The fourth-order valence-corrected chi connectivity index (χ4v) is 4.69. The van der Waals surface area contributed by atoms with Gasteiger partial charge >= 0.3 is 0 Å². The average molecular weight is 491 g/mol. The van der Waals surface area contributed by atoms with E-state index in [2.05, 4.69) is 49.9 Å². The molecule has 26 heavy (non-hydrogen) atoms. The minimum atomic E-state index is 0. The summed E-state index contributed by atoms with van der Waals surface area (Å²) < 4.78 is 0. The van der Waals surface area contributed by atoms with Gasteiger partial charge in [-0.1, -0.05) is 6.92 Å². The second-order valence-corrected chi connectivity index (χ2v) is 8.33. The maximum absolute atomic E-state index is 4.41. The molecule has 3 rings (SSSR count). The summed E-state index contributed by atoms with van der Waals surface area (Å²) in [6, 6.07) is 4.89. The van der Waals surface area contributed by atoms with Gasteiger partial charge in [-0.05, 0) is 55.7 Å². The van der Waals surface area contributed by atoms with E-state index in [9.17, 15) is 0 Å². The molecule has 2 fully saturated rings. The zero-order chi connectivity index (χ0) is 17.5. The molecule has 1 aromatic rings. The van der Waals surface area contributed by atoms with E-state index in [1.54, 1.807) is 0 Å². The summed E-state index contributed by atoms with van der Waals surface area (Å²) in [4.78, 5) is 9.49. The first-order valence-corrected chi connectivity index (χ1v) is 10.6. The Morgan fingerprint density at radius 1 is 1.27 bits per heavy atom. The van der Waals surface area contributed by atoms with Gasteiger partial charge in [0.25, 0.3) is 0 Å². The van der Waals surface area contributed by atoms with E-state index in [1.165, 1.54) is 43.8 Å². The molecule has 0 aliphatic carbocycles. The molecule has 2 aliphatic rings. The Morgan fingerprint density at radius 3 is 2.73 bits per heavy atom. The molecule has 1 unspecified atom stereocenters. The number of likely N-dealkylation sites (tertiary alicyclic amines) is 1. The van der Waals surface area contributed by atoms with Crippen LogP contribution in [0.1, 0.15) is 32.6 Å². The fraction of sp³-hybridized carbons (Fsp3) is 0.737. The molecule has 3 heterocycles. The molecule has 2 saturated heterocycles. The minimum Gasteiger partial charge on any atom is -0.363 e. The Kier molecular flexibility index (Phi) is 9.49. The molecular formula is C19H34IN5S. The molecule has 7 heteroatoms. The lowest BCUT2D eigenvalue weighted by Crippen LogP contribution is -2.50. The summed E-state index contributed by atoms with van der Waals surface area (Å²) >= 11 is 1.84. The van der Waals surface area contributed by atoms with Crippen molar-refractivity contribution in [3.8, 4) is 0 Å². The lowest BCUT2D eigenvalue weighted by Gasteiger charge is -2.34. The Morgan fingerprint density at radius 2 is 2.08 bits per heavy atom. The molecule has 0 saturated carbocycles. The number of guanidine groups is 1. The third-order valence-corrected chi connectivity index (χ3v) is 6.27. The van der Waals surface area contributed by atoms with Crippen molar-refractivity contribution < 1.29 is 0 Å². The maximum Gasteiger partial charge on any atom is 0.191 e. The number of hydrogen-bond acceptors (Lipinski definition) is 4. The van der Waals surface area contributed by atoms with Crippen molar-refractivity contribution in [2.24, 2.45) is 10.9 Å². The summed E-state index contributed by atoms with van der Waals surface area (Å²) in [6.45, 7) is 9.20. The third kappa shape index (κ3) is 6.56. The monoisotopic (exact) mass is 491 g/mol. The number of nitrogens with one attached hydrogen (secondary N) is 2. The van der Waals surface area contributed by atoms with Gasteiger partial charge in [-0.15, -0.1) is 35.3 Å². The van der Waals surface area contributed by atoms with E-state index in [0.717, 1.165) is 38.1 Å². The molecular weight excluding hydrogens is 457 g/mol. The number of nitrogens with zero attached hydrogens (tertiary/aromatic N) is 3. The predicted molar refractivity (Wildman–Crippen MR) is 124 cm³/mol. The molecule has 0 aromatic carbocycles. The van der Waals surface area contributed by atoms with Crippen molar-refractivity contribution in [3.63, 3.8) is 0 Å². The number of rotatable bonds is 5. The average Bonchev–Trinajstić information content (AvgIpc) is 3.16. The van der Waals surface area contributed by atoms with Gasteiger partial charge in [-0.3, -0.25) is 4.99 Å². The van der Waals surface area contributed by atoms with Gasteiger partial charge in [0.1, 0.15) is 0 Å². The van der Waals surface area contributed by atoms with E-state index < -0.39 is 0 Å². The summed E-state index contributed by atoms with van der Waals surface area (Å²) in [6.07, 6.45) is 5.07. The zero-order valence-corrected chi connectivity index (χ0v) is 19.3. The summed E-state index contributed by atoms with van der Waals surface area (Å²) in [5.41, 5.74) is 0. The molecule has 0 radical (unpaired) electrons. The zero-order valence-electron chi connectivity index (χ0n) is 16.1. The van der Waals surface area contributed by atoms with E-state index in [1.807, 2.05) is 18.4 Å². The molecule has 1 aromatic heterocycles. The van der Waals surface area contributed by atoms with Crippen molar-refractivity contribution in [2.45, 2.75) is 38.6 Å². The number of hydrogen-bond donors (Lipinski definition) is 2. The van der Waals surface area contributed by atoms with Crippen LogP contribution in [0.3, 0.4) is 0 Å². The highest BCUT2D eigenvalue weighted by Gasteiger charge is 2.21. The maximum atomic E-state index is 4.41. The topological polar surface area (TPSA) is 42.9 Å². The van der Waals surface area contributed by atoms with Gasteiger partial charge in [0.2, 0.25) is 0 Å². The SMILES string of the molecule is CN=C(NCCN1CCCC(C)C1)NC1CCN(c2cccs2)CC1.I. The third-order valence-electron chi connectivity index (χ3n) is 5.34. The standard InChI is InChI=1S/C19H33N5S.HI/c1-16-5-3-10-23(15-16)13-9-21-19(20-2)22-17-7-11-24(12-8-17)18-6-4-14-25-18;/h4,6,14,16-17H,3,5,7-13,15H2,1-2H3,(H2,20,21,22);1H. The smallest absolute Gasteiger partial charge is 0.191 e. The van der Waals surface area contributed by atoms with Crippen LogP contribution in [0.25, 0.3) is 0 Å². The van der Waals surface area contributed by atoms with Crippen molar-refractivity contribution in [1.29, 1.82) is 0 Å². The van der Waals surface area contributed by atoms with Gasteiger partial charge in [-0.2, -0.15) is 0 Å². The Bertz CT molecular complexity index is 528. The highest BCUT2D eigenvalue weighted by Crippen LogP contribution is 2.24. The Labute approximate surface area is 179 Å². The van der Waals surface area contributed by atoms with Crippen LogP contribution in [0.5, 0.6) is 0 Å². The van der Waals surface area contributed by atoms with Crippen molar-refractivity contribution in [3.05, 3.63) is 17.5 Å². The Balaban J connectivity index is 0.00000243. The van der Waals surface area contributed by atoms with Gasteiger partial charge in [0.05, 0.1) is 5.00 Å². The van der Waals surface area contributed by atoms with E-state index in [0.29, 0.717) is 6.04 Å². The Hall–Kier alpha value is -0.540. The summed E-state index contributed by atoms with van der Waals surface area (Å²) in [5.74, 6) is 1.80.